The zero-order valence-corrected chi connectivity index (χ0v) is 9.01. The summed E-state index contributed by atoms with van der Waals surface area (Å²) in [5.74, 6) is 1.03. The molecule has 2 fully saturated rings. The quantitative estimate of drug-likeness (QED) is 0.737. The van der Waals surface area contributed by atoms with Gasteiger partial charge in [0.2, 0.25) is 0 Å². The molecule has 0 aliphatic carbocycles. The minimum Gasteiger partial charge on any atom is -0.437 e. The summed E-state index contributed by atoms with van der Waals surface area (Å²) in [6.45, 7) is 0.829. The number of cyclic esters (lactones) is 1. The van der Waals surface area contributed by atoms with Gasteiger partial charge < -0.3 is 4.74 Å². The van der Waals surface area contributed by atoms with Crippen LogP contribution in [0.4, 0.5) is 4.79 Å². The maximum absolute atomic E-state index is 11.5. The lowest BCUT2D eigenvalue weighted by atomic mass is 10.3. The fourth-order valence-electron chi connectivity index (χ4n) is 1.82. The molecule has 0 spiro atoms. The number of hydrogen-bond acceptors (Lipinski definition) is 4. The molecule has 3 heterocycles. The lowest BCUT2D eigenvalue weighted by molar-refractivity contribution is 0.133. The van der Waals surface area contributed by atoms with Crippen molar-refractivity contribution in [2.24, 2.45) is 0 Å². The number of hydrogen-bond donors (Lipinski definition) is 0. The minimum atomic E-state index is -0.154. The van der Waals surface area contributed by atoms with E-state index in [0.717, 1.165) is 17.2 Å². The van der Waals surface area contributed by atoms with E-state index in [1.54, 1.807) is 11.3 Å². The predicted molar refractivity (Wildman–Crippen MR) is 56.5 cm³/mol. The summed E-state index contributed by atoms with van der Waals surface area (Å²) in [5.41, 5.74) is 0. The van der Waals surface area contributed by atoms with E-state index in [9.17, 15) is 4.79 Å². The molecule has 0 N–H and O–H groups in total. The highest BCUT2D eigenvalue weighted by atomic mass is 32.2. The van der Waals surface area contributed by atoms with Gasteiger partial charge in [-0.05, 0) is 11.4 Å². The highest BCUT2D eigenvalue weighted by Gasteiger charge is 2.46. The predicted octanol–water partition coefficient (Wildman–Crippen LogP) is 2.31. The minimum absolute atomic E-state index is 0.0463. The lowest BCUT2D eigenvalue weighted by Gasteiger charge is -2.13. The van der Waals surface area contributed by atoms with Crippen LogP contribution >= 0.6 is 23.1 Å². The van der Waals surface area contributed by atoms with E-state index in [0.29, 0.717) is 0 Å². The molecule has 0 bridgehead atoms. The molecule has 2 atom stereocenters. The van der Waals surface area contributed by atoms with Crippen LogP contribution in [0.2, 0.25) is 0 Å². The lowest BCUT2D eigenvalue weighted by Crippen LogP contribution is -2.26. The average molecular weight is 227 g/mol. The summed E-state index contributed by atoms with van der Waals surface area (Å²) >= 11 is 3.46. The first kappa shape index (κ1) is 8.61. The van der Waals surface area contributed by atoms with Gasteiger partial charge in [-0.15, -0.1) is 23.1 Å². The van der Waals surface area contributed by atoms with Gasteiger partial charge in [0.15, 0.2) is 6.10 Å². The largest absolute Gasteiger partial charge is 0.437 e. The summed E-state index contributed by atoms with van der Waals surface area (Å²) in [5, 5.41) is 2.23. The Hall–Kier alpha value is -0.680. The Labute approximate surface area is 90.0 Å². The number of amides is 1. The Kier molecular flexibility index (Phi) is 1.95. The van der Waals surface area contributed by atoms with Gasteiger partial charge in [-0.2, -0.15) is 0 Å². The molecular weight excluding hydrogens is 218 g/mol. The van der Waals surface area contributed by atoms with E-state index in [1.165, 1.54) is 0 Å². The number of nitrogens with zero attached hydrogens (tertiary/aromatic N) is 1. The summed E-state index contributed by atoms with van der Waals surface area (Å²) in [4.78, 5) is 14.4. The van der Waals surface area contributed by atoms with Crippen LogP contribution in [0.5, 0.6) is 0 Å². The molecule has 3 rings (SSSR count). The van der Waals surface area contributed by atoms with Crippen LogP contribution < -0.4 is 0 Å². The zero-order chi connectivity index (χ0) is 9.54. The molecule has 2 aliphatic rings. The van der Waals surface area contributed by atoms with E-state index in [1.807, 2.05) is 34.2 Å². The zero-order valence-electron chi connectivity index (χ0n) is 7.38. The van der Waals surface area contributed by atoms with Gasteiger partial charge in [0, 0.05) is 17.2 Å². The van der Waals surface area contributed by atoms with Crippen LogP contribution in [0, 0.1) is 0 Å². The Bertz CT molecular complexity index is 352. The molecule has 1 aromatic rings. The van der Waals surface area contributed by atoms with Crippen LogP contribution in [0.1, 0.15) is 11.0 Å². The molecule has 0 radical (unpaired) electrons. The van der Waals surface area contributed by atoms with Gasteiger partial charge in [0.05, 0.1) is 0 Å². The maximum atomic E-state index is 11.5. The fraction of sp³-hybridized carbons (Fsp3) is 0.444. The normalized spacial score (nSPS) is 30.6. The molecule has 2 aliphatic heterocycles. The Balaban J connectivity index is 1.92. The third kappa shape index (κ3) is 1.15. The van der Waals surface area contributed by atoms with Gasteiger partial charge in [-0.3, -0.25) is 4.90 Å². The van der Waals surface area contributed by atoms with Gasteiger partial charge in [0.25, 0.3) is 0 Å². The van der Waals surface area contributed by atoms with E-state index >= 15 is 0 Å². The van der Waals surface area contributed by atoms with E-state index < -0.39 is 0 Å². The Morgan fingerprint density at radius 1 is 1.57 bits per heavy atom. The van der Waals surface area contributed by atoms with Gasteiger partial charge in [0.1, 0.15) is 5.37 Å². The van der Waals surface area contributed by atoms with Crippen molar-refractivity contribution >= 4 is 29.2 Å². The first-order valence-electron chi connectivity index (χ1n) is 4.48. The molecule has 0 saturated carbocycles. The molecule has 1 amide bonds. The molecule has 3 nitrogen and oxygen atoms in total. The summed E-state index contributed by atoms with van der Waals surface area (Å²) in [7, 11) is 0. The van der Waals surface area contributed by atoms with Gasteiger partial charge in [-0.1, -0.05) is 6.07 Å². The number of thioether (sulfide) groups is 1. The molecule has 5 heteroatoms. The number of carbonyl (C=O) groups excluding carboxylic acids is 1. The average Bonchev–Trinajstić information content (AvgIpc) is 2.84. The number of thiophene rings is 1. The molecule has 14 heavy (non-hydrogen) atoms. The molecule has 1 aromatic heterocycles. The van der Waals surface area contributed by atoms with Crippen LogP contribution in [0.15, 0.2) is 17.5 Å². The maximum Gasteiger partial charge on any atom is 0.411 e. The second-order valence-electron chi connectivity index (χ2n) is 3.27. The third-order valence-electron chi connectivity index (χ3n) is 2.47. The highest BCUT2D eigenvalue weighted by Crippen LogP contribution is 2.43. The highest BCUT2D eigenvalue weighted by molar-refractivity contribution is 8.00. The summed E-state index contributed by atoms with van der Waals surface area (Å²) < 4.78 is 5.35. The number of rotatable bonds is 1. The second-order valence-corrected chi connectivity index (χ2v) is 5.48. The third-order valence-corrected chi connectivity index (χ3v) is 4.67. The Morgan fingerprint density at radius 2 is 2.50 bits per heavy atom. The van der Waals surface area contributed by atoms with Crippen LogP contribution in [-0.4, -0.2) is 28.7 Å². The molecule has 0 aromatic carbocycles. The van der Waals surface area contributed by atoms with E-state index in [2.05, 4.69) is 0 Å². The van der Waals surface area contributed by atoms with Crippen molar-refractivity contribution < 1.29 is 9.53 Å². The van der Waals surface area contributed by atoms with E-state index in [4.69, 9.17) is 4.74 Å². The van der Waals surface area contributed by atoms with Crippen molar-refractivity contribution in [3.8, 4) is 0 Å². The number of ether oxygens (including phenoxy) is 1. The molecule has 2 saturated heterocycles. The molecule has 74 valence electrons. The second kappa shape index (κ2) is 3.17. The monoisotopic (exact) mass is 227 g/mol. The van der Waals surface area contributed by atoms with Crippen LogP contribution in [-0.2, 0) is 4.74 Å². The first-order valence-corrected chi connectivity index (χ1v) is 6.41. The molecule has 0 unspecified atom stereocenters. The number of carbonyl (C=O) groups is 1. The van der Waals surface area contributed by atoms with Gasteiger partial charge in [-0.25, -0.2) is 4.79 Å². The summed E-state index contributed by atoms with van der Waals surface area (Å²) in [6, 6.07) is 4.03. The van der Waals surface area contributed by atoms with Crippen LogP contribution in [0.25, 0.3) is 0 Å². The van der Waals surface area contributed by atoms with Crippen LogP contribution in [0.3, 0.4) is 0 Å². The van der Waals surface area contributed by atoms with Crippen molar-refractivity contribution in [2.75, 3.05) is 12.3 Å². The fourth-order valence-corrected chi connectivity index (χ4v) is 3.98. The van der Waals surface area contributed by atoms with Crippen molar-refractivity contribution in [3.63, 3.8) is 0 Å². The van der Waals surface area contributed by atoms with Crippen molar-refractivity contribution in [1.29, 1.82) is 0 Å². The van der Waals surface area contributed by atoms with Crippen molar-refractivity contribution in [3.05, 3.63) is 22.4 Å². The number of fused-ring (bicyclic) bond motifs is 1. The smallest absolute Gasteiger partial charge is 0.411 e. The molecular formula is C9H9NO2S2. The topological polar surface area (TPSA) is 29.5 Å². The first-order chi connectivity index (χ1) is 6.86. The Morgan fingerprint density at radius 3 is 3.29 bits per heavy atom. The standard InChI is InChI=1S/C9H9NO2S2/c11-9-10-3-5-14-8(10)7(12-9)6-2-1-4-13-6/h1-2,4,7-8H,3,5H2/t7-,8-/m0/s1. The van der Waals surface area contributed by atoms with E-state index in [-0.39, 0.29) is 17.6 Å². The summed E-state index contributed by atoms with van der Waals surface area (Å²) in [6.07, 6.45) is -0.201. The SMILES string of the molecule is O=C1O[C@@H](c2cccs2)[C@@H]2SCCN12. The van der Waals surface area contributed by atoms with Crippen molar-refractivity contribution in [2.45, 2.75) is 11.5 Å². The van der Waals surface area contributed by atoms with Crippen molar-refractivity contribution in [1.82, 2.24) is 4.90 Å². The van der Waals surface area contributed by atoms with Gasteiger partial charge >= 0.3 is 6.09 Å².